The van der Waals surface area contributed by atoms with E-state index in [1.54, 1.807) is 23.0 Å². The number of aromatic nitrogens is 2. The Kier molecular flexibility index (Phi) is 6.48. The maximum Gasteiger partial charge on any atom is 0.229 e. The van der Waals surface area contributed by atoms with Crippen LogP contribution in [0.2, 0.25) is 0 Å². The van der Waals surface area contributed by atoms with E-state index in [1.165, 1.54) is 5.56 Å². The molecule has 10 heteroatoms. The van der Waals surface area contributed by atoms with Crippen molar-refractivity contribution in [2.75, 3.05) is 25.1 Å². The van der Waals surface area contributed by atoms with Crippen LogP contribution in [0.4, 0.5) is 11.5 Å². The van der Waals surface area contributed by atoms with Gasteiger partial charge in [0.25, 0.3) is 0 Å². The van der Waals surface area contributed by atoms with Gasteiger partial charge in [0, 0.05) is 25.0 Å². The van der Waals surface area contributed by atoms with Gasteiger partial charge in [0.05, 0.1) is 30.4 Å². The van der Waals surface area contributed by atoms with Crippen molar-refractivity contribution in [1.82, 2.24) is 14.5 Å². The highest BCUT2D eigenvalue weighted by atomic mass is 32.2. The third-order valence-electron chi connectivity index (χ3n) is 5.75. The number of benzene rings is 1. The number of hydrogen-bond donors (Lipinski definition) is 3. The fourth-order valence-corrected chi connectivity index (χ4v) is 4.60. The van der Waals surface area contributed by atoms with Gasteiger partial charge in [-0.1, -0.05) is 29.8 Å². The van der Waals surface area contributed by atoms with Crippen LogP contribution in [0.5, 0.6) is 0 Å². The van der Waals surface area contributed by atoms with Crippen LogP contribution in [0.3, 0.4) is 0 Å². The topological polar surface area (TPSA) is 126 Å². The number of aryl methyl sites for hydroxylation is 1. The quantitative estimate of drug-likeness (QED) is 0.437. The van der Waals surface area contributed by atoms with Gasteiger partial charge in [0.1, 0.15) is 24.7 Å². The van der Waals surface area contributed by atoms with Crippen LogP contribution in [0, 0.1) is 6.92 Å². The molecule has 0 amide bonds. The third-order valence-corrected chi connectivity index (χ3v) is 6.34. The average molecular weight is 470 g/mol. The molecular weight excluding hydrogens is 440 g/mol. The lowest BCUT2D eigenvalue weighted by Crippen LogP contribution is -2.32. The molecule has 1 unspecified atom stereocenters. The summed E-state index contributed by atoms with van der Waals surface area (Å²) >= 11 is 0. The molecule has 4 N–H and O–H groups in total. The fraction of sp³-hybridized carbons (Fsp3) is 0.348. The van der Waals surface area contributed by atoms with E-state index in [1.807, 2.05) is 37.3 Å². The van der Waals surface area contributed by atoms with Crippen LogP contribution in [0.1, 0.15) is 24.0 Å². The van der Waals surface area contributed by atoms with Gasteiger partial charge in [-0.3, -0.25) is 4.72 Å². The summed E-state index contributed by atoms with van der Waals surface area (Å²) in [6, 6.07) is 8.14. The molecular formula is C23H29N6O3S+. The first-order valence-electron chi connectivity index (χ1n) is 10.8. The number of aliphatic hydroxyl groups is 1. The van der Waals surface area contributed by atoms with E-state index < -0.39 is 10.0 Å². The van der Waals surface area contributed by atoms with Crippen LogP contribution in [-0.4, -0.2) is 64.8 Å². The summed E-state index contributed by atoms with van der Waals surface area (Å²) in [5.41, 5.74) is 10.6. The number of allylic oxidation sites excluding steroid dienone is 3. The molecule has 0 spiro atoms. The van der Waals surface area contributed by atoms with Crippen LogP contribution in [-0.2, 0) is 16.6 Å². The van der Waals surface area contributed by atoms with E-state index in [0.29, 0.717) is 29.5 Å². The van der Waals surface area contributed by atoms with E-state index >= 15 is 0 Å². The van der Waals surface area contributed by atoms with Crippen molar-refractivity contribution in [2.24, 2.45) is 4.99 Å². The van der Waals surface area contributed by atoms with Gasteiger partial charge in [-0.25, -0.2) is 22.7 Å². The van der Waals surface area contributed by atoms with Crippen molar-refractivity contribution in [1.29, 1.82) is 0 Å². The number of nitrogens with zero attached hydrogens (tertiary/aromatic N) is 4. The van der Waals surface area contributed by atoms with Crippen LogP contribution >= 0.6 is 0 Å². The standard InChI is InChI=1S/C23H28N6O3S/c1-16-5-7-17(8-6-16)14-29-23(24)22(13-25-29)26-20-10-9-18(12-21(20)27-33(2,31)32)28-11-3-4-19(28)15-30/h5-10,12-13,19,30H,3-4,11,14-15H2,1-2H3,(H2,24,25,27)/p+1. The highest BCUT2D eigenvalue weighted by Crippen LogP contribution is 2.24. The van der Waals surface area contributed by atoms with Crippen molar-refractivity contribution >= 4 is 33.0 Å². The SMILES string of the molecule is Cc1ccc(Cn2ncc(N=C3C=CC(=[N+]4CCCC4CO)C=C3NS(C)(=O)=O)c2N)cc1. The molecule has 1 aromatic heterocycles. The van der Waals surface area contributed by atoms with Crippen molar-refractivity contribution in [2.45, 2.75) is 32.4 Å². The number of anilines is 1. The molecule has 4 rings (SSSR count). The zero-order valence-corrected chi connectivity index (χ0v) is 19.6. The number of aliphatic hydroxyl groups excluding tert-OH is 1. The van der Waals surface area contributed by atoms with Crippen molar-refractivity contribution < 1.29 is 18.1 Å². The number of sulfonamides is 1. The van der Waals surface area contributed by atoms with E-state index in [0.717, 1.165) is 36.9 Å². The average Bonchev–Trinajstić information content (AvgIpc) is 3.37. The molecule has 1 atom stereocenters. The molecule has 2 heterocycles. The minimum atomic E-state index is -3.53. The lowest BCUT2D eigenvalue weighted by atomic mass is 10.1. The Morgan fingerprint density at radius 1 is 1.30 bits per heavy atom. The van der Waals surface area contributed by atoms with Gasteiger partial charge in [-0.15, -0.1) is 0 Å². The zero-order chi connectivity index (χ0) is 23.6. The van der Waals surface area contributed by atoms with Gasteiger partial charge in [-0.05, 0) is 18.6 Å². The highest BCUT2D eigenvalue weighted by molar-refractivity contribution is 7.88. The Morgan fingerprint density at radius 3 is 2.76 bits per heavy atom. The lowest BCUT2D eigenvalue weighted by Gasteiger charge is -2.14. The second-order valence-electron chi connectivity index (χ2n) is 8.42. The maximum absolute atomic E-state index is 12.0. The summed E-state index contributed by atoms with van der Waals surface area (Å²) in [4.78, 5) is 4.60. The highest BCUT2D eigenvalue weighted by Gasteiger charge is 2.30. The fourth-order valence-electron chi connectivity index (χ4n) is 4.04. The normalized spacial score (nSPS) is 22.1. The largest absolute Gasteiger partial charge is 0.389 e. The first-order valence-corrected chi connectivity index (χ1v) is 12.7. The second kappa shape index (κ2) is 9.32. The smallest absolute Gasteiger partial charge is 0.229 e. The molecule has 0 radical (unpaired) electrons. The second-order valence-corrected chi connectivity index (χ2v) is 10.2. The molecule has 33 heavy (non-hydrogen) atoms. The Morgan fingerprint density at radius 2 is 2.06 bits per heavy atom. The van der Waals surface area contributed by atoms with Gasteiger partial charge < -0.3 is 10.8 Å². The van der Waals surface area contributed by atoms with Crippen LogP contribution < -0.4 is 10.5 Å². The van der Waals surface area contributed by atoms with Crippen molar-refractivity contribution in [3.63, 3.8) is 0 Å². The van der Waals surface area contributed by atoms with Crippen molar-refractivity contribution in [3.8, 4) is 0 Å². The predicted octanol–water partition coefficient (Wildman–Crippen LogP) is 1.51. The number of nitrogens with one attached hydrogen (secondary N) is 1. The molecule has 1 fully saturated rings. The summed E-state index contributed by atoms with van der Waals surface area (Å²) in [5.74, 6) is 0.393. The number of nitrogens with two attached hydrogens (primary N) is 1. The molecule has 1 aromatic carbocycles. The van der Waals surface area contributed by atoms with Crippen LogP contribution in [0.25, 0.3) is 0 Å². The van der Waals surface area contributed by atoms with E-state index in [2.05, 4.69) is 19.4 Å². The molecule has 2 aliphatic rings. The molecule has 0 bridgehead atoms. The minimum absolute atomic E-state index is 0.0227. The maximum atomic E-state index is 12.0. The minimum Gasteiger partial charge on any atom is -0.389 e. The Bertz CT molecular complexity index is 1270. The molecule has 0 saturated carbocycles. The number of aliphatic imine (C=N–C) groups is 1. The molecule has 1 aliphatic carbocycles. The molecule has 1 aliphatic heterocycles. The molecule has 174 valence electrons. The lowest BCUT2D eigenvalue weighted by molar-refractivity contribution is -0.545. The first kappa shape index (κ1) is 22.9. The summed E-state index contributed by atoms with van der Waals surface area (Å²) in [6.07, 6.45) is 9.94. The zero-order valence-electron chi connectivity index (χ0n) is 18.8. The molecule has 9 nitrogen and oxygen atoms in total. The van der Waals surface area contributed by atoms with E-state index in [4.69, 9.17) is 5.73 Å². The van der Waals surface area contributed by atoms with Crippen molar-refractivity contribution in [3.05, 3.63) is 65.5 Å². The first-order chi connectivity index (χ1) is 15.7. The van der Waals surface area contributed by atoms with Gasteiger partial charge >= 0.3 is 0 Å². The molecule has 2 aromatic rings. The Balaban J connectivity index is 1.66. The predicted molar refractivity (Wildman–Crippen MR) is 129 cm³/mol. The summed E-state index contributed by atoms with van der Waals surface area (Å²) in [7, 11) is -3.53. The summed E-state index contributed by atoms with van der Waals surface area (Å²) < 4.78 is 30.3. The monoisotopic (exact) mass is 469 g/mol. The van der Waals surface area contributed by atoms with Gasteiger partial charge in [-0.2, -0.15) is 5.10 Å². The van der Waals surface area contributed by atoms with E-state index in [-0.39, 0.29) is 12.6 Å². The summed E-state index contributed by atoms with van der Waals surface area (Å²) in [6.45, 7) is 3.40. The number of hydrogen-bond acceptors (Lipinski definition) is 6. The Labute approximate surface area is 193 Å². The number of nitrogen functional groups attached to an aromatic ring is 1. The third kappa shape index (κ3) is 5.40. The van der Waals surface area contributed by atoms with Gasteiger partial charge in [0.2, 0.25) is 15.7 Å². The Hall–Kier alpha value is -3.24. The summed E-state index contributed by atoms with van der Waals surface area (Å²) in [5, 5.41) is 14.0. The molecule has 1 saturated heterocycles. The van der Waals surface area contributed by atoms with Crippen LogP contribution in [0.15, 0.2) is 59.4 Å². The van der Waals surface area contributed by atoms with Gasteiger partial charge in [0.15, 0.2) is 6.04 Å². The number of rotatable bonds is 6. The van der Waals surface area contributed by atoms with E-state index in [9.17, 15) is 13.5 Å².